The molecular formula is C11H15BrClNO3S. The Morgan fingerprint density at radius 2 is 2.11 bits per heavy atom. The molecule has 0 fully saturated rings. The molecule has 18 heavy (non-hydrogen) atoms. The Labute approximate surface area is 121 Å². The number of alkyl halides is 1. The van der Waals surface area contributed by atoms with Gasteiger partial charge in [-0.1, -0.05) is 12.1 Å². The summed E-state index contributed by atoms with van der Waals surface area (Å²) in [5.41, 5.74) is 0. The van der Waals surface area contributed by atoms with Gasteiger partial charge in [-0.25, -0.2) is 13.1 Å². The highest BCUT2D eigenvalue weighted by molar-refractivity contribution is 9.10. The van der Waals surface area contributed by atoms with Crippen molar-refractivity contribution in [2.75, 3.05) is 19.6 Å². The van der Waals surface area contributed by atoms with Gasteiger partial charge < -0.3 is 4.74 Å². The second kappa shape index (κ2) is 7.45. The fraction of sp³-hybridized carbons (Fsp3) is 0.455. The van der Waals surface area contributed by atoms with E-state index in [1.54, 1.807) is 18.2 Å². The number of hydrogen-bond acceptors (Lipinski definition) is 3. The quantitative estimate of drug-likeness (QED) is 0.763. The Hall–Kier alpha value is -0.140. The van der Waals surface area contributed by atoms with E-state index >= 15 is 0 Å². The van der Waals surface area contributed by atoms with Crippen LogP contribution in [0, 0.1) is 0 Å². The third kappa shape index (κ3) is 4.51. The second-order valence-corrected chi connectivity index (χ2v) is 6.60. The van der Waals surface area contributed by atoms with Crippen molar-refractivity contribution in [3.05, 3.63) is 28.7 Å². The molecule has 1 unspecified atom stereocenters. The van der Waals surface area contributed by atoms with Gasteiger partial charge >= 0.3 is 0 Å². The third-order valence-electron chi connectivity index (χ3n) is 2.27. The zero-order valence-electron chi connectivity index (χ0n) is 9.90. The van der Waals surface area contributed by atoms with Crippen LogP contribution in [-0.4, -0.2) is 34.1 Å². The van der Waals surface area contributed by atoms with Crippen molar-refractivity contribution in [1.29, 1.82) is 0 Å². The van der Waals surface area contributed by atoms with Crippen LogP contribution in [0.5, 0.6) is 0 Å². The molecule has 0 aromatic heterocycles. The number of methoxy groups -OCH3 is 1. The average Bonchev–Trinajstić information content (AvgIpc) is 2.29. The lowest BCUT2D eigenvalue weighted by Crippen LogP contribution is -2.38. The molecule has 0 aliphatic carbocycles. The van der Waals surface area contributed by atoms with E-state index in [2.05, 4.69) is 20.7 Å². The number of ether oxygens (including phenoxy) is 1. The first-order valence-corrected chi connectivity index (χ1v) is 8.14. The number of hydrogen-bond donors (Lipinski definition) is 1. The Bertz CT molecular complexity index is 475. The summed E-state index contributed by atoms with van der Waals surface area (Å²) in [6.45, 7) is 0.288. The SMILES string of the molecule is COCC(CCCl)NS(=O)(=O)c1ccccc1Br. The smallest absolute Gasteiger partial charge is 0.242 e. The monoisotopic (exact) mass is 355 g/mol. The van der Waals surface area contributed by atoms with Gasteiger partial charge in [0, 0.05) is 23.5 Å². The van der Waals surface area contributed by atoms with E-state index in [9.17, 15) is 8.42 Å². The van der Waals surface area contributed by atoms with E-state index in [1.165, 1.54) is 13.2 Å². The third-order valence-corrected chi connectivity index (χ3v) is 5.02. The molecule has 1 atom stereocenters. The van der Waals surface area contributed by atoms with E-state index < -0.39 is 10.0 Å². The minimum absolute atomic E-state index is 0.209. The predicted molar refractivity (Wildman–Crippen MR) is 75.5 cm³/mol. The molecule has 7 heteroatoms. The van der Waals surface area contributed by atoms with Crippen LogP contribution in [0.4, 0.5) is 0 Å². The summed E-state index contributed by atoms with van der Waals surface area (Å²) in [6, 6.07) is 6.32. The van der Waals surface area contributed by atoms with E-state index in [0.717, 1.165) is 0 Å². The number of sulfonamides is 1. The zero-order chi connectivity index (χ0) is 13.6. The van der Waals surface area contributed by atoms with Gasteiger partial charge in [-0.15, -0.1) is 11.6 Å². The highest BCUT2D eigenvalue weighted by atomic mass is 79.9. The summed E-state index contributed by atoms with van der Waals surface area (Å²) < 4.78 is 32.4. The lowest BCUT2D eigenvalue weighted by atomic mass is 10.3. The first kappa shape index (κ1) is 15.9. The zero-order valence-corrected chi connectivity index (χ0v) is 13.1. The lowest BCUT2D eigenvalue weighted by molar-refractivity contribution is 0.173. The maximum atomic E-state index is 12.2. The molecule has 0 aliphatic heterocycles. The molecule has 0 saturated carbocycles. The van der Waals surface area contributed by atoms with Crippen LogP contribution >= 0.6 is 27.5 Å². The average molecular weight is 357 g/mol. The van der Waals surface area contributed by atoms with Crippen LogP contribution in [0.25, 0.3) is 0 Å². The maximum absolute atomic E-state index is 12.2. The van der Waals surface area contributed by atoms with E-state index in [1.807, 2.05) is 0 Å². The number of halogens is 2. The summed E-state index contributed by atoms with van der Waals surface area (Å²) in [7, 11) is -2.05. The Morgan fingerprint density at radius 1 is 1.44 bits per heavy atom. The van der Waals surface area contributed by atoms with Crippen molar-refractivity contribution in [2.45, 2.75) is 17.4 Å². The van der Waals surface area contributed by atoms with Crippen molar-refractivity contribution in [3.63, 3.8) is 0 Å². The van der Waals surface area contributed by atoms with Crippen LogP contribution in [0.1, 0.15) is 6.42 Å². The Kier molecular flexibility index (Phi) is 6.59. The first-order valence-electron chi connectivity index (χ1n) is 5.33. The fourth-order valence-electron chi connectivity index (χ4n) is 1.45. The maximum Gasteiger partial charge on any atom is 0.242 e. The number of rotatable bonds is 7. The molecule has 0 bridgehead atoms. The highest BCUT2D eigenvalue weighted by Crippen LogP contribution is 2.21. The molecule has 0 heterocycles. The van der Waals surface area contributed by atoms with Crippen LogP contribution in [0.2, 0.25) is 0 Å². The Morgan fingerprint density at radius 3 is 2.67 bits per heavy atom. The van der Waals surface area contributed by atoms with E-state index in [0.29, 0.717) is 16.8 Å². The summed E-state index contributed by atoms with van der Waals surface area (Å²) in [6.07, 6.45) is 0.513. The number of nitrogens with one attached hydrogen (secondary N) is 1. The molecule has 102 valence electrons. The second-order valence-electron chi connectivity index (χ2n) is 3.68. The minimum atomic E-state index is -3.57. The molecule has 1 aromatic rings. The Balaban J connectivity index is 2.90. The molecule has 0 aliphatic rings. The van der Waals surface area contributed by atoms with Crippen molar-refractivity contribution in [2.24, 2.45) is 0 Å². The van der Waals surface area contributed by atoms with Gasteiger partial charge in [-0.3, -0.25) is 0 Å². The normalized spacial score (nSPS) is 13.5. The highest BCUT2D eigenvalue weighted by Gasteiger charge is 2.21. The lowest BCUT2D eigenvalue weighted by Gasteiger charge is -2.17. The van der Waals surface area contributed by atoms with Gasteiger partial charge in [0.05, 0.1) is 11.5 Å². The minimum Gasteiger partial charge on any atom is -0.383 e. The van der Waals surface area contributed by atoms with Crippen LogP contribution < -0.4 is 4.72 Å². The predicted octanol–water partition coefficient (Wildman–Crippen LogP) is 2.37. The molecule has 1 N–H and O–H groups in total. The summed E-state index contributed by atoms with van der Waals surface area (Å²) in [5.74, 6) is 0.368. The number of benzene rings is 1. The molecule has 0 amide bonds. The van der Waals surface area contributed by atoms with Crippen LogP contribution in [0.15, 0.2) is 33.6 Å². The van der Waals surface area contributed by atoms with Gasteiger partial charge in [0.25, 0.3) is 0 Å². The molecule has 4 nitrogen and oxygen atoms in total. The fourth-order valence-corrected chi connectivity index (χ4v) is 3.98. The van der Waals surface area contributed by atoms with Gasteiger partial charge in [0.15, 0.2) is 0 Å². The van der Waals surface area contributed by atoms with Crippen molar-refractivity contribution in [3.8, 4) is 0 Å². The van der Waals surface area contributed by atoms with Crippen LogP contribution in [0.3, 0.4) is 0 Å². The molecule has 0 saturated heterocycles. The van der Waals surface area contributed by atoms with Crippen LogP contribution in [-0.2, 0) is 14.8 Å². The van der Waals surface area contributed by atoms with Gasteiger partial charge in [-0.05, 0) is 34.5 Å². The summed E-state index contributed by atoms with van der Waals surface area (Å²) >= 11 is 8.86. The summed E-state index contributed by atoms with van der Waals surface area (Å²) in [5, 5.41) is 0. The molecule has 0 spiro atoms. The van der Waals surface area contributed by atoms with Crippen molar-refractivity contribution >= 4 is 37.6 Å². The van der Waals surface area contributed by atoms with Gasteiger partial charge in [-0.2, -0.15) is 0 Å². The molecule has 1 rings (SSSR count). The first-order chi connectivity index (χ1) is 8.51. The largest absolute Gasteiger partial charge is 0.383 e. The van der Waals surface area contributed by atoms with E-state index in [-0.39, 0.29) is 17.5 Å². The standard InChI is InChI=1S/C11H15BrClNO3S/c1-17-8-9(6-7-13)14-18(15,16)11-5-3-2-4-10(11)12/h2-5,9,14H,6-8H2,1H3. The van der Waals surface area contributed by atoms with Crippen molar-refractivity contribution in [1.82, 2.24) is 4.72 Å². The molecule has 0 radical (unpaired) electrons. The van der Waals surface area contributed by atoms with E-state index in [4.69, 9.17) is 16.3 Å². The van der Waals surface area contributed by atoms with Gasteiger partial charge in [0.2, 0.25) is 10.0 Å². The topological polar surface area (TPSA) is 55.4 Å². The van der Waals surface area contributed by atoms with Crippen molar-refractivity contribution < 1.29 is 13.2 Å². The summed E-state index contributed by atoms with van der Waals surface area (Å²) in [4.78, 5) is 0.209. The molecular weight excluding hydrogens is 342 g/mol. The van der Waals surface area contributed by atoms with Gasteiger partial charge in [0.1, 0.15) is 0 Å². The molecule has 1 aromatic carbocycles.